The number of imidazole rings is 1. The van der Waals surface area contributed by atoms with E-state index in [1.807, 2.05) is 35.7 Å². The second-order valence-corrected chi connectivity index (χ2v) is 11.6. The fourth-order valence-electron chi connectivity index (χ4n) is 5.51. The number of hydrogen-bond donors (Lipinski definition) is 1. The number of hydrogen-bond acceptors (Lipinski definition) is 7. The summed E-state index contributed by atoms with van der Waals surface area (Å²) in [6.07, 6.45) is 7.31. The number of benzene rings is 1. The van der Waals surface area contributed by atoms with E-state index in [9.17, 15) is 4.39 Å². The summed E-state index contributed by atoms with van der Waals surface area (Å²) in [5.74, 6) is 0.658. The largest absolute Gasteiger partial charge is 0.369 e. The molecule has 3 aromatic heterocycles. The van der Waals surface area contributed by atoms with Crippen LogP contribution in [0.2, 0.25) is 10.2 Å². The predicted octanol–water partition coefficient (Wildman–Crippen LogP) is 5.46. The van der Waals surface area contributed by atoms with Crippen LogP contribution < -0.4 is 15.5 Å². The standard InChI is InChI=1S/C26H26Cl2FN7S/c1-16-22(37-19-6-9-31-23(28)21(19)27)24-32-10-13-36(24)25(33-16)34-11-7-26(8-12-34)15-35(14-20(26)30)18-4-2-17(29)3-5-18/h2-6,9-10,13,20H,7-8,11-12,14-15,30H2,1H3/t20-/m1/s1. The van der Waals surface area contributed by atoms with Gasteiger partial charge >= 0.3 is 0 Å². The molecule has 0 bridgehead atoms. The van der Waals surface area contributed by atoms with Gasteiger partial charge in [0.15, 0.2) is 5.65 Å². The second kappa shape index (κ2) is 9.62. The summed E-state index contributed by atoms with van der Waals surface area (Å²) in [5, 5.41) is 0.699. The first-order chi connectivity index (χ1) is 17.8. The van der Waals surface area contributed by atoms with Crippen LogP contribution in [0.5, 0.6) is 0 Å². The van der Waals surface area contributed by atoms with Crippen molar-refractivity contribution in [2.24, 2.45) is 11.1 Å². The van der Waals surface area contributed by atoms with E-state index in [4.69, 9.17) is 33.9 Å². The Kier molecular flexibility index (Phi) is 6.43. The number of fused-ring (bicyclic) bond motifs is 1. The molecular formula is C26H26Cl2FN7S. The van der Waals surface area contributed by atoms with Crippen molar-refractivity contribution in [3.05, 3.63) is 70.6 Å². The summed E-state index contributed by atoms with van der Waals surface area (Å²) in [5.41, 5.74) is 9.47. The van der Waals surface area contributed by atoms with Crippen LogP contribution in [0, 0.1) is 18.2 Å². The first-order valence-electron chi connectivity index (χ1n) is 12.2. The summed E-state index contributed by atoms with van der Waals surface area (Å²) in [6.45, 7) is 5.36. The Morgan fingerprint density at radius 2 is 1.81 bits per heavy atom. The quantitative estimate of drug-likeness (QED) is 0.333. The topological polar surface area (TPSA) is 75.6 Å². The molecule has 0 aliphatic carbocycles. The van der Waals surface area contributed by atoms with Crippen molar-refractivity contribution < 1.29 is 4.39 Å². The molecule has 2 aliphatic heterocycles. The van der Waals surface area contributed by atoms with Gasteiger partial charge in [0.1, 0.15) is 11.0 Å². The van der Waals surface area contributed by atoms with E-state index in [0.29, 0.717) is 5.02 Å². The Balaban J connectivity index is 1.23. The predicted molar refractivity (Wildman–Crippen MR) is 147 cm³/mol. The average molecular weight is 559 g/mol. The van der Waals surface area contributed by atoms with E-state index in [1.165, 1.54) is 23.9 Å². The molecule has 11 heteroatoms. The van der Waals surface area contributed by atoms with Gasteiger partial charge in [-0.3, -0.25) is 4.40 Å². The molecule has 4 aromatic rings. The van der Waals surface area contributed by atoms with Crippen LogP contribution in [-0.4, -0.2) is 51.6 Å². The minimum absolute atomic E-state index is 0.0289. The van der Waals surface area contributed by atoms with Crippen molar-refractivity contribution in [1.29, 1.82) is 0 Å². The molecule has 192 valence electrons. The van der Waals surface area contributed by atoms with E-state index < -0.39 is 0 Å². The summed E-state index contributed by atoms with van der Waals surface area (Å²) < 4.78 is 15.5. The van der Waals surface area contributed by atoms with Crippen molar-refractivity contribution in [2.75, 3.05) is 36.0 Å². The fourth-order valence-corrected chi connectivity index (χ4v) is 6.92. The smallest absolute Gasteiger partial charge is 0.211 e. The Labute approximate surface area is 228 Å². The number of aromatic nitrogens is 4. The third-order valence-electron chi connectivity index (χ3n) is 7.62. The molecule has 1 atom stereocenters. The molecule has 2 aliphatic rings. The van der Waals surface area contributed by atoms with Crippen LogP contribution in [0.4, 0.5) is 16.0 Å². The minimum Gasteiger partial charge on any atom is -0.369 e. The highest BCUT2D eigenvalue weighted by Gasteiger charge is 2.47. The first kappa shape index (κ1) is 24.7. The normalized spacial score (nSPS) is 19.3. The lowest BCUT2D eigenvalue weighted by Gasteiger charge is -2.42. The van der Waals surface area contributed by atoms with Crippen LogP contribution in [0.25, 0.3) is 5.65 Å². The van der Waals surface area contributed by atoms with Crippen LogP contribution in [0.15, 0.2) is 58.7 Å². The Hall–Kier alpha value is -2.59. The maximum atomic E-state index is 13.4. The summed E-state index contributed by atoms with van der Waals surface area (Å²) in [7, 11) is 0. The van der Waals surface area contributed by atoms with Crippen LogP contribution in [0.3, 0.4) is 0 Å². The highest BCUT2D eigenvalue weighted by atomic mass is 35.5. The fraction of sp³-hybridized carbons (Fsp3) is 0.346. The maximum absolute atomic E-state index is 13.4. The van der Waals surface area contributed by atoms with Gasteiger partial charge in [-0.05, 0) is 50.1 Å². The molecule has 2 saturated heterocycles. The van der Waals surface area contributed by atoms with Gasteiger partial charge in [0.25, 0.3) is 0 Å². The number of nitrogens with zero attached hydrogens (tertiary/aromatic N) is 6. The van der Waals surface area contributed by atoms with Crippen molar-refractivity contribution in [2.45, 2.75) is 35.6 Å². The monoisotopic (exact) mass is 557 g/mol. The number of piperidine rings is 1. The molecule has 2 N–H and O–H groups in total. The zero-order valence-electron chi connectivity index (χ0n) is 20.2. The zero-order chi connectivity index (χ0) is 25.7. The van der Waals surface area contributed by atoms with Crippen LogP contribution in [-0.2, 0) is 0 Å². The van der Waals surface area contributed by atoms with Gasteiger partial charge in [-0.25, -0.2) is 19.3 Å². The van der Waals surface area contributed by atoms with Crippen molar-refractivity contribution in [3.63, 3.8) is 0 Å². The van der Waals surface area contributed by atoms with Gasteiger partial charge in [0, 0.05) is 66.8 Å². The summed E-state index contributed by atoms with van der Waals surface area (Å²) in [4.78, 5) is 20.1. The van der Waals surface area contributed by atoms with Crippen molar-refractivity contribution in [1.82, 2.24) is 19.4 Å². The Bertz CT molecular complexity index is 1450. The third-order valence-corrected chi connectivity index (χ3v) is 9.74. The third kappa shape index (κ3) is 4.41. The molecule has 0 unspecified atom stereocenters. The van der Waals surface area contributed by atoms with Crippen molar-refractivity contribution in [3.8, 4) is 0 Å². The van der Waals surface area contributed by atoms with Gasteiger partial charge in [-0.2, -0.15) is 0 Å². The number of aryl methyl sites for hydroxylation is 1. The maximum Gasteiger partial charge on any atom is 0.211 e. The molecule has 0 radical (unpaired) electrons. The molecule has 6 rings (SSSR count). The van der Waals surface area contributed by atoms with Crippen molar-refractivity contribution >= 4 is 52.2 Å². The highest BCUT2D eigenvalue weighted by molar-refractivity contribution is 7.99. The van der Waals surface area contributed by atoms with Gasteiger partial charge in [0.2, 0.25) is 5.95 Å². The Morgan fingerprint density at radius 1 is 1.05 bits per heavy atom. The molecule has 2 fully saturated rings. The van der Waals surface area contributed by atoms with Gasteiger partial charge in [-0.15, -0.1) is 0 Å². The number of anilines is 2. The summed E-state index contributed by atoms with van der Waals surface area (Å²) >= 11 is 14.0. The minimum atomic E-state index is -0.221. The lowest BCUT2D eigenvalue weighted by Crippen LogP contribution is -2.49. The van der Waals surface area contributed by atoms with Gasteiger partial charge in [0.05, 0.1) is 15.6 Å². The average Bonchev–Trinajstić information content (AvgIpc) is 3.50. The Morgan fingerprint density at radius 3 is 2.57 bits per heavy atom. The van der Waals surface area contributed by atoms with Crippen LogP contribution in [0.1, 0.15) is 18.5 Å². The molecule has 0 saturated carbocycles. The lowest BCUT2D eigenvalue weighted by molar-refractivity contribution is 0.219. The van der Waals surface area contributed by atoms with E-state index in [1.54, 1.807) is 12.4 Å². The van der Waals surface area contributed by atoms with Gasteiger partial charge in [-0.1, -0.05) is 35.0 Å². The molecule has 0 amide bonds. The number of rotatable bonds is 4. The van der Waals surface area contributed by atoms with E-state index in [0.717, 1.165) is 71.8 Å². The second-order valence-electron chi connectivity index (χ2n) is 9.78. The zero-order valence-corrected chi connectivity index (χ0v) is 22.6. The molecule has 5 heterocycles. The van der Waals surface area contributed by atoms with E-state index in [2.05, 4.69) is 19.8 Å². The SMILES string of the molecule is Cc1nc(N2CCC3(CC2)CN(c2ccc(F)cc2)C[C@H]3N)n2ccnc2c1Sc1ccnc(Cl)c1Cl. The molecular weight excluding hydrogens is 532 g/mol. The van der Waals surface area contributed by atoms with E-state index >= 15 is 0 Å². The van der Waals surface area contributed by atoms with Crippen LogP contribution >= 0.6 is 35.0 Å². The number of halogens is 3. The summed E-state index contributed by atoms with van der Waals surface area (Å²) in [6, 6.07) is 8.61. The number of nitrogens with two attached hydrogens (primary N) is 1. The highest BCUT2D eigenvalue weighted by Crippen LogP contribution is 2.43. The molecule has 1 spiro atoms. The molecule has 1 aromatic carbocycles. The first-order valence-corrected chi connectivity index (χ1v) is 13.7. The van der Waals surface area contributed by atoms with Gasteiger partial charge < -0.3 is 15.5 Å². The molecule has 37 heavy (non-hydrogen) atoms. The lowest BCUT2D eigenvalue weighted by atomic mass is 9.75. The number of pyridine rings is 1. The van der Waals surface area contributed by atoms with E-state index in [-0.39, 0.29) is 22.4 Å². The molecule has 7 nitrogen and oxygen atoms in total.